The first-order valence-corrected chi connectivity index (χ1v) is 9.31. The van der Waals surface area contributed by atoms with E-state index in [1.54, 1.807) is 29.5 Å². The van der Waals surface area contributed by atoms with E-state index in [0.29, 0.717) is 17.9 Å². The van der Waals surface area contributed by atoms with Crippen molar-refractivity contribution in [2.75, 3.05) is 7.05 Å². The topological polar surface area (TPSA) is 126 Å². The van der Waals surface area contributed by atoms with E-state index < -0.39 is 0 Å². The molecule has 0 bridgehead atoms. The minimum absolute atomic E-state index is 0.00245. The van der Waals surface area contributed by atoms with Gasteiger partial charge in [-0.1, -0.05) is 6.07 Å². The Hall–Kier alpha value is -3.92. The number of aryl methyl sites for hydroxylation is 2. The average molecular weight is 406 g/mol. The number of amides is 1. The maximum atomic E-state index is 12.5. The van der Waals surface area contributed by atoms with Crippen LogP contribution in [0.3, 0.4) is 0 Å². The molecule has 0 atom stereocenters. The molecule has 0 spiro atoms. The minimum Gasteiger partial charge on any atom is -0.387 e. The minimum atomic E-state index is -0.259. The molecule has 0 unspecified atom stereocenters. The quantitative estimate of drug-likeness (QED) is 0.220. The van der Waals surface area contributed by atoms with E-state index in [1.165, 1.54) is 0 Å². The Labute approximate surface area is 172 Å². The molecular formula is C20H22N8O2. The normalized spacial score (nSPS) is 11.0. The molecule has 0 aliphatic rings. The zero-order chi connectivity index (χ0) is 21.3. The third-order valence-corrected chi connectivity index (χ3v) is 4.68. The number of H-pyrrole nitrogens is 1. The van der Waals surface area contributed by atoms with Crippen LogP contribution in [-0.4, -0.2) is 43.4 Å². The summed E-state index contributed by atoms with van der Waals surface area (Å²) in [6.07, 6.45) is 1.83. The Morgan fingerprint density at radius 2 is 2.03 bits per heavy atom. The van der Waals surface area contributed by atoms with Gasteiger partial charge >= 0.3 is 0 Å². The molecule has 4 rings (SSSR count). The maximum absolute atomic E-state index is 12.5. The van der Waals surface area contributed by atoms with Gasteiger partial charge < -0.3 is 15.1 Å². The summed E-state index contributed by atoms with van der Waals surface area (Å²) in [5.74, 6) is -0.257. The van der Waals surface area contributed by atoms with E-state index in [9.17, 15) is 4.79 Å². The van der Waals surface area contributed by atoms with Gasteiger partial charge in [-0.2, -0.15) is 15.7 Å². The van der Waals surface area contributed by atoms with E-state index in [0.717, 1.165) is 27.9 Å². The van der Waals surface area contributed by atoms with Crippen LogP contribution in [0.25, 0.3) is 22.2 Å². The summed E-state index contributed by atoms with van der Waals surface area (Å²) >= 11 is 0. The van der Waals surface area contributed by atoms with E-state index in [-0.39, 0.29) is 11.8 Å². The van der Waals surface area contributed by atoms with Gasteiger partial charge in [-0.25, -0.2) is 0 Å². The average Bonchev–Trinajstić information content (AvgIpc) is 3.43. The largest absolute Gasteiger partial charge is 0.387 e. The van der Waals surface area contributed by atoms with E-state index in [2.05, 4.69) is 26.0 Å². The number of hydrogen-bond acceptors (Lipinski definition) is 6. The van der Waals surface area contributed by atoms with Crippen molar-refractivity contribution in [2.45, 2.75) is 6.54 Å². The molecule has 3 heterocycles. The summed E-state index contributed by atoms with van der Waals surface area (Å²) in [4.78, 5) is 20.7. The van der Waals surface area contributed by atoms with Crippen LogP contribution in [0.1, 0.15) is 21.9 Å². The van der Waals surface area contributed by atoms with Gasteiger partial charge in [-0.15, -0.1) is 0 Å². The third kappa shape index (κ3) is 3.80. The van der Waals surface area contributed by atoms with Crippen molar-refractivity contribution in [3.05, 3.63) is 59.7 Å². The summed E-state index contributed by atoms with van der Waals surface area (Å²) in [6, 6.07) is 11.3. The van der Waals surface area contributed by atoms with Gasteiger partial charge in [0.15, 0.2) is 5.69 Å². The van der Waals surface area contributed by atoms with Crippen LogP contribution in [-0.2, 0) is 25.5 Å². The van der Waals surface area contributed by atoms with Crippen molar-refractivity contribution in [3.8, 4) is 11.3 Å². The predicted molar refractivity (Wildman–Crippen MR) is 112 cm³/mol. The molecule has 10 heteroatoms. The molecule has 0 saturated carbocycles. The molecule has 30 heavy (non-hydrogen) atoms. The van der Waals surface area contributed by atoms with Gasteiger partial charge in [-0.05, 0) is 30.3 Å². The molecule has 154 valence electrons. The number of fused-ring (bicyclic) bond motifs is 1. The number of benzene rings is 1. The first kappa shape index (κ1) is 19.4. The van der Waals surface area contributed by atoms with Gasteiger partial charge in [-0.3, -0.25) is 19.6 Å². The zero-order valence-electron chi connectivity index (χ0n) is 16.9. The molecule has 3 aromatic heterocycles. The number of hydroxylamine groups is 1. The van der Waals surface area contributed by atoms with Gasteiger partial charge in [0.25, 0.3) is 11.8 Å². The first-order valence-electron chi connectivity index (χ1n) is 9.31. The van der Waals surface area contributed by atoms with Crippen molar-refractivity contribution in [1.82, 2.24) is 35.3 Å². The second-order valence-electron chi connectivity index (χ2n) is 6.82. The smallest absolute Gasteiger partial charge is 0.272 e. The lowest BCUT2D eigenvalue weighted by atomic mass is 10.1. The highest BCUT2D eigenvalue weighted by molar-refractivity contribution is 5.97. The van der Waals surface area contributed by atoms with Crippen molar-refractivity contribution in [1.29, 1.82) is 5.41 Å². The Morgan fingerprint density at radius 3 is 2.77 bits per heavy atom. The summed E-state index contributed by atoms with van der Waals surface area (Å²) < 4.78 is 3.37. The fourth-order valence-corrected chi connectivity index (χ4v) is 3.24. The number of rotatable bonds is 6. The molecule has 4 N–H and O–H groups in total. The standard InChI is InChI=1S/C20H22N8O2/c1-22-30-19(21)16-9-13-8-12(4-5-15(13)24-16)18-10-17(26-28(18)3)20(29)23-11-14-6-7-27(2)25-14/h4-10,21-22,24H,11H2,1-3H3,(H,23,29). The van der Waals surface area contributed by atoms with Crippen LogP contribution in [0.15, 0.2) is 42.6 Å². The highest BCUT2D eigenvalue weighted by Crippen LogP contribution is 2.25. The lowest BCUT2D eigenvalue weighted by molar-refractivity contribution is 0.0944. The highest BCUT2D eigenvalue weighted by Gasteiger charge is 2.15. The fourth-order valence-electron chi connectivity index (χ4n) is 3.24. The number of hydrogen-bond donors (Lipinski definition) is 4. The number of nitrogens with one attached hydrogen (secondary N) is 4. The number of nitrogens with zero attached hydrogens (tertiary/aromatic N) is 4. The molecule has 1 amide bonds. The van der Waals surface area contributed by atoms with Gasteiger partial charge in [0.05, 0.1) is 17.9 Å². The van der Waals surface area contributed by atoms with Crippen molar-refractivity contribution in [2.24, 2.45) is 14.1 Å². The Balaban J connectivity index is 1.55. The Morgan fingerprint density at radius 1 is 1.20 bits per heavy atom. The fraction of sp³-hybridized carbons (Fsp3) is 0.200. The highest BCUT2D eigenvalue weighted by atomic mass is 16.6. The molecule has 0 radical (unpaired) electrons. The SMILES string of the molecule is CNOC(=N)c1cc2cc(-c3cc(C(=O)NCc4ccn(C)n4)nn3C)ccc2[nH]1. The van der Waals surface area contributed by atoms with Gasteiger partial charge in [0.2, 0.25) is 0 Å². The van der Waals surface area contributed by atoms with Crippen LogP contribution in [0.4, 0.5) is 0 Å². The molecular weight excluding hydrogens is 384 g/mol. The number of carbonyl (C=O) groups is 1. The number of aromatic nitrogens is 5. The molecule has 0 saturated heterocycles. The van der Waals surface area contributed by atoms with Crippen molar-refractivity contribution >= 4 is 22.7 Å². The lowest BCUT2D eigenvalue weighted by Gasteiger charge is -2.01. The van der Waals surface area contributed by atoms with Gasteiger partial charge in [0.1, 0.15) is 5.69 Å². The van der Waals surface area contributed by atoms with Crippen LogP contribution < -0.4 is 10.8 Å². The van der Waals surface area contributed by atoms with E-state index in [1.807, 2.05) is 43.6 Å². The van der Waals surface area contributed by atoms with E-state index >= 15 is 0 Å². The number of carbonyl (C=O) groups excluding carboxylic acids is 1. The monoisotopic (exact) mass is 406 g/mol. The van der Waals surface area contributed by atoms with Crippen LogP contribution >= 0.6 is 0 Å². The second kappa shape index (κ2) is 7.84. The van der Waals surface area contributed by atoms with Crippen molar-refractivity contribution in [3.63, 3.8) is 0 Å². The third-order valence-electron chi connectivity index (χ3n) is 4.68. The molecule has 0 fully saturated rings. The molecule has 4 aromatic rings. The second-order valence-corrected chi connectivity index (χ2v) is 6.82. The van der Waals surface area contributed by atoms with Gasteiger partial charge in [0, 0.05) is 43.8 Å². The van der Waals surface area contributed by atoms with Crippen molar-refractivity contribution < 1.29 is 9.63 Å². The number of aromatic amines is 1. The van der Waals surface area contributed by atoms with Crippen LogP contribution in [0.2, 0.25) is 0 Å². The maximum Gasteiger partial charge on any atom is 0.272 e. The summed E-state index contributed by atoms with van der Waals surface area (Å²) in [5, 5.41) is 20.2. The Kier molecular flexibility index (Phi) is 5.07. The summed E-state index contributed by atoms with van der Waals surface area (Å²) in [7, 11) is 5.23. The van der Waals surface area contributed by atoms with Crippen LogP contribution in [0, 0.1) is 5.41 Å². The summed E-state index contributed by atoms with van der Waals surface area (Å²) in [6.45, 7) is 0.338. The molecule has 0 aliphatic heterocycles. The van der Waals surface area contributed by atoms with E-state index in [4.69, 9.17) is 10.2 Å². The first-order chi connectivity index (χ1) is 14.4. The predicted octanol–water partition coefficient (Wildman–Crippen LogP) is 1.71. The van der Waals surface area contributed by atoms with Crippen LogP contribution in [0.5, 0.6) is 0 Å². The summed E-state index contributed by atoms with van der Waals surface area (Å²) in [5.41, 5.74) is 6.78. The molecule has 10 nitrogen and oxygen atoms in total. The lowest BCUT2D eigenvalue weighted by Crippen LogP contribution is -2.23. The molecule has 1 aromatic carbocycles. The Bertz CT molecular complexity index is 1230. The zero-order valence-corrected chi connectivity index (χ0v) is 16.9. The molecule has 0 aliphatic carbocycles.